The Kier molecular flexibility index (Phi) is 4.85. The average Bonchev–Trinajstić information content (AvgIpc) is 2.42. The van der Waals surface area contributed by atoms with Gasteiger partial charge in [-0.2, -0.15) is 13.2 Å². The predicted octanol–water partition coefficient (Wildman–Crippen LogP) is 0.990. The summed E-state index contributed by atoms with van der Waals surface area (Å²) in [5.41, 5.74) is 0. The number of amides is 2. The molecule has 16 heavy (non-hydrogen) atoms. The molecule has 0 bridgehead atoms. The molecule has 0 aromatic heterocycles. The van der Waals surface area contributed by atoms with E-state index >= 15 is 0 Å². The molecule has 94 valence electrons. The third-order valence-corrected chi connectivity index (χ3v) is 2.36. The van der Waals surface area contributed by atoms with Crippen LogP contribution in [0.3, 0.4) is 0 Å². The molecule has 1 unspecified atom stereocenters. The van der Waals surface area contributed by atoms with Crippen LogP contribution in [0.25, 0.3) is 0 Å². The van der Waals surface area contributed by atoms with Crippen molar-refractivity contribution in [1.29, 1.82) is 0 Å². The molecule has 1 atom stereocenters. The molecular formula is C9H16F3N3O. The number of alkyl halides is 3. The van der Waals surface area contributed by atoms with Crippen molar-refractivity contribution in [2.75, 3.05) is 19.6 Å². The number of rotatable bonds is 2. The summed E-state index contributed by atoms with van der Waals surface area (Å²) in [4.78, 5) is 11.1. The number of urea groups is 1. The van der Waals surface area contributed by atoms with Crippen LogP contribution in [0.1, 0.15) is 19.3 Å². The lowest BCUT2D eigenvalue weighted by Gasteiger charge is -2.17. The van der Waals surface area contributed by atoms with Crippen LogP contribution in [-0.4, -0.2) is 37.9 Å². The first-order chi connectivity index (χ1) is 7.47. The lowest BCUT2D eigenvalue weighted by Crippen LogP contribution is -2.45. The molecule has 1 aliphatic rings. The molecule has 7 heteroatoms. The standard InChI is InChI=1S/C9H16F3N3O/c10-9(11,12)6-14-8(16)15-7-2-1-4-13-5-3-7/h7,13H,1-6H2,(H2,14,15,16). The number of carbonyl (C=O) groups is 1. The van der Waals surface area contributed by atoms with Crippen LogP contribution in [0.4, 0.5) is 18.0 Å². The summed E-state index contributed by atoms with van der Waals surface area (Å²) in [6, 6.07) is -0.785. The molecule has 3 N–H and O–H groups in total. The maximum Gasteiger partial charge on any atom is 0.405 e. The van der Waals surface area contributed by atoms with E-state index in [0.717, 1.165) is 32.4 Å². The molecule has 0 aliphatic carbocycles. The van der Waals surface area contributed by atoms with E-state index in [1.807, 2.05) is 0 Å². The van der Waals surface area contributed by atoms with E-state index in [9.17, 15) is 18.0 Å². The van der Waals surface area contributed by atoms with Gasteiger partial charge in [0.2, 0.25) is 0 Å². The fourth-order valence-electron chi connectivity index (χ4n) is 1.58. The second-order valence-electron chi connectivity index (χ2n) is 3.82. The third kappa shape index (κ3) is 5.79. The van der Waals surface area contributed by atoms with Gasteiger partial charge in [0.05, 0.1) is 0 Å². The highest BCUT2D eigenvalue weighted by atomic mass is 19.4. The molecule has 4 nitrogen and oxygen atoms in total. The van der Waals surface area contributed by atoms with Gasteiger partial charge in [0.1, 0.15) is 6.54 Å². The van der Waals surface area contributed by atoms with Crippen LogP contribution in [-0.2, 0) is 0 Å². The maximum absolute atomic E-state index is 11.8. The first kappa shape index (κ1) is 13.1. The molecule has 2 amide bonds. The van der Waals surface area contributed by atoms with E-state index in [1.54, 1.807) is 5.32 Å². The van der Waals surface area contributed by atoms with Crippen molar-refractivity contribution in [2.45, 2.75) is 31.5 Å². The Balaban J connectivity index is 2.22. The minimum atomic E-state index is -4.36. The minimum Gasteiger partial charge on any atom is -0.335 e. The number of nitrogens with one attached hydrogen (secondary N) is 3. The third-order valence-electron chi connectivity index (χ3n) is 2.36. The van der Waals surface area contributed by atoms with Crippen LogP contribution in [0.5, 0.6) is 0 Å². The number of hydrogen-bond donors (Lipinski definition) is 3. The Bertz CT molecular complexity index is 225. The van der Waals surface area contributed by atoms with Crippen LogP contribution in [0.2, 0.25) is 0 Å². The maximum atomic E-state index is 11.8. The average molecular weight is 239 g/mol. The van der Waals surface area contributed by atoms with Crippen molar-refractivity contribution >= 4 is 6.03 Å². The molecule has 1 rings (SSSR count). The van der Waals surface area contributed by atoms with Crippen molar-refractivity contribution in [3.8, 4) is 0 Å². The predicted molar refractivity (Wildman–Crippen MR) is 53.1 cm³/mol. The Morgan fingerprint density at radius 1 is 1.31 bits per heavy atom. The summed E-state index contributed by atoms with van der Waals surface area (Å²) in [5, 5.41) is 7.49. The van der Waals surface area contributed by atoms with Crippen LogP contribution in [0, 0.1) is 0 Å². The second-order valence-corrected chi connectivity index (χ2v) is 3.82. The van der Waals surface area contributed by atoms with Gasteiger partial charge in [-0.3, -0.25) is 0 Å². The Morgan fingerprint density at radius 2 is 2.06 bits per heavy atom. The number of hydrogen-bond acceptors (Lipinski definition) is 2. The highest BCUT2D eigenvalue weighted by Gasteiger charge is 2.28. The molecule has 0 aromatic rings. The van der Waals surface area contributed by atoms with Crippen molar-refractivity contribution in [3.05, 3.63) is 0 Å². The zero-order chi connectivity index (χ0) is 12.0. The van der Waals surface area contributed by atoms with Gasteiger partial charge in [0.15, 0.2) is 0 Å². The van der Waals surface area contributed by atoms with Crippen LogP contribution in [0.15, 0.2) is 0 Å². The fourth-order valence-corrected chi connectivity index (χ4v) is 1.58. The normalized spacial score (nSPS) is 22.3. The van der Waals surface area contributed by atoms with Crippen LogP contribution < -0.4 is 16.0 Å². The molecule has 0 spiro atoms. The van der Waals surface area contributed by atoms with Gasteiger partial charge in [0, 0.05) is 6.04 Å². The Morgan fingerprint density at radius 3 is 2.75 bits per heavy atom. The largest absolute Gasteiger partial charge is 0.405 e. The first-order valence-electron chi connectivity index (χ1n) is 5.29. The minimum absolute atomic E-state index is 0.0387. The molecular weight excluding hydrogens is 223 g/mol. The number of carbonyl (C=O) groups excluding carboxylic acids is 1. The van der Waals surface area contributed by atoms with Crippen molar-refractivity contribution < 1.29 is 18.0 Å². The molecule has 1 heterocycles. The zero-order valence-electron chi connectivity index (χ0n) is 8.86. The first-order valence-corrected chi connectivity index (χ1v) is 5.29. The molecule has 1 aliphatic heterocycles. The van der Waals surface area contributed by atoms with E-state index in [2.05, 4.69) is 10.6 Å². The molecule has 0 aromatic carbocycles. The van der Waals surface area contributed by atoms with Gasteiger partial charge in [-0.25, -0.2) is 4.79 Å². The SMILES string of the molecule is O=C(NCC(F)(F)F)NC1CCCNCC1. The van der Waals surface area contributed by atoms with Crippen molar-refractivity contribution in [2.24, 2.45) is 0 Å². The molecule has 0 saturated carbocycles. The zero-order valence-corrected chi connectivity index (χ0v) is 8.86. The van der Waals surface area contributed by atoms with E-state index in [-0.39, 0.29) is 6.04 Å². The van der Waals surface area contributed by atoms with Crippen molar-refractivity contribution in [3.63, 3.8) is 0 Å². The summed E-state index contributed by atoms with van der Waals surface area (Å²) < 4.78 is 35.4. The summed E-state index contributed by atoms with van der Waals surface area (Å²) in [5.74, 6) is 0. The van der Waals surface area contributed by atoms with Gasteiger partial charge in [-0.1, -0.05) is 0 Å². The van der Waals surface area contributed by atoms with Gasteiger partial charge < -0.3 is 16.0 Å². The molecule has 0 radical (unpaired) electrons. The topological polar surface area (TPSA) is 53.2 Å². The highest BCUT2D eigenvalue weighted by Crippen LogP contribution is 2.12. The van der Waals surface area contributed by atoms with E-state index in [0.29, 0.717) is 0 Å². The quantitative estimate of drug-likeness (QED) is 0.673. The summed E-state index contributed by atoms with van der Waals surface area (Å²) in [6.07, 6.45) is -1.89. The second kappa shape index (κ2) is 5.93. The van der Waals surface area contributed by atoms with E-state index in [4.69, 9.17) is 0 Å². The highest BCUT2D eigenvalue weighted by molar-refractivity contribution is 5.74. The molecule has 1 fully saturated rings. The van der Waals surface area contributed by atoms with Gasteiger partial charge in [-0.05, 0) is 32.4 Å². The van der Waals surface area contributed by atoms with Gasteiger partial charge >= 0.3 is 12.2 Å². The summed E-state index contributed by atoms with van der Waals surface area (Å²) in [7, 11) is 0. The van der Waals surface area contributed by atoms with Crippen LogP contribution >= 0.6 is 0 Å². The fraction of sp³-hybridized carbons (Fsp3) is 0.889. The van der Waals surface area contributed by atoms with E-state index < -0.39 is 18.8 Å². The van der Waals surface area contributed by atoms with E-state index in [1.165, 1.54) is 0 Å². The smallest absolute Gasteiger partial charge is 0.335 e. The van der Waals surface area contributed by atoms with Crippen molar-refractivity contribution in [1.82, 2.24) is 16.0 Å². The summed E-state index contributed by atoms with van der Waals surface area (Å²) in [6.45, 7) is 0.385. The summed E-state index contributed by atoms with van der Waals surface area (Å²) >= 11 is 0. The Labute approximate surface area is 92.0 Å². The van der Waals surface area contributed by atoms with Gasteiger partial charge in [0.25, 0.3) is 0 Å². The lowest BCUT2D eigenvalue weighted by atomic mass is 10.1. The lowest BCUT2D eigenvalue weighted by molar-refractivity contribution is -0.122. The van der Waals surface area contributed by atoms with Gasteiger partial charge in [-0.15, -0.1) is 0 Å². The number of halogens is 3. The molecule has 1 saturated heterocycles. The Hall–Kier alpha value is -0.980. The monoisotopic (exact) mass is 239 g/mol.